The van der Waals surface area contributed by atoms with Crippen molar-refractivity contribution in [1.29, 1.82) is 0 Å². The molecule has 0 aliphatic heterocycles. The van der Waals surface area contributed by atoms with E-state index in [1.54, 1.807) is 24.3 Å². The van der Waals surface area contributed by atoms with E-state index in [9.17, 15) is 4.79 Å². The first kappa shape index (κ1) is 19.5. The number of hydrogen-bond acceptors (Lipinski definition) is 3. The van der Waals surface area contributed by atoms with Crippen LogP contribution in [-0.4, -0.2) is 19.1 Å². The van der Waals surface area contributed by atoms with Gasteiger partial charge in [0, 0.05) is 17.4 Å². The second-order valence-electron chi connectivity index (χ2n) is 7.39. The van der Waals surface area contributed by atoms with Crippen molar-refractivity contribution in [3.05, 3.63) is 81.7 Å². The number of azide groups is 1. The van der Waals surface area contributed by atoms with Gasteiger partial charge in [-0.15, -0.1) is 0 Å². The van der Waals surface area contributed by atoms with Gasteiger partial charge in [0.25, 0.3) is 0 Å². The fourth-order valence-electron chi connectivity index (χ4n) is 2.65. The quantitative estimate of drug-likeness (QED) is 0.293. The van der Waals surface area contributed by atoms with Crippen molar-refractivity contribution in [1.82, 2.24) is 0 Å². The molecule has 2 rings (SSSR count). The van der Waals surface area contributed by atoms with Crippen LogP contribution in [0.3, 0.4) is 0 Å². The van der Waals surface area contributed by atoms with Crippen molar-refractivity contribution < 1.29 is 9.53 Å². The smallest absolute Gasteiger partial charge is 0.338 e. The summed E-state index contributed by atoms with van der Waals surface area (Å²) in [6.07, 6.45) is 0.686. The van der Waals surface area contributed by atoms with Gasteiger partial charge < -0.3 is 4.74 Å². The number of carbonyl (C=O) groups is 1. The summed E-state index contributed by atoms with van der Waals surface area (Å²) in [4.78, 5) is 14.9. The average Bonchev–Trinajstić information content (AvgIpc) is 2.64. The molecule has 1 unspecified atom stereocenters. The minimum absolute atomic E-state index is 0.0564. The largest absolute Gasteiger partial charge is 0.462 e. The number of ether oxygens (including phenoxy) is 1. The summed E-state index contributed by atoms with van der Waals surface area (Å²) in [6, 6.07) is 17.3. The Labute approximate surface area is 154 Å². The van der Waals surface area contributed by atoms with Gasteiger partial charge in [0.1, 0.15) is 0 Å². The minimum Gasteiger partial charge on any atom is -0.462 e. The van der Waals surface area contributed by atoms with Crippen molar-refractivity contribution in [3.63, 3.8) is 0 Å². The number of rotatable bonds is 7. The molecule has 26 heavy (non-hydrogen) atoms. The van der Waals surface area contributed by atoms with Crippen molar-refractivity contribution in [2.45, 2.75) is 32.6 Å². The second-order valence-corrected chi connectivity index (χ2v) is 7.39. The van der Waals surface area contributed by atoms with Gasteiger partial charge in [0.15, 0.2) is 0 Å². The van der Waals surface area contributed by atoms with E-state index in [-0.39, 0.29) is 23.9 Å². The number of hydrogen-bond donors (Lipinski definition) is 0. The van der Waals surface area contributed by atoms with E-state index in [0.717, 1.165) is 5.56 Å². The van der Waals surface area contributed by atoms with E-state index in [1.807, 2.05) is 6.07 Å². The normalized spacial score (nSPS) is 12.1. The third-order valence-electron chi connectivity index (χ3n) is 4.21. The van der Waals surface area contributed by atoms with Gasteiger partial charge in [0.2, 0.25) is 0 Å². The molecule has 0 aromatic heterocycles. The van der Waals surface area contributed by atoms with Crippen molar-refractivity contribution in [2.24, 2.45) is 11.0 Å². The van der Waals surface area contributed by atoms with Crippen LogP contribution in [0.15, 0.2) is 59.7 Å². The lowest BCUT2D eigenvalue weighted by Crippen LogP contribution is -2.19. The molecule has 0 N–H and O–H groups in total. The molecule has 2 aromatic carbocycles. The van der Waals surface area contributed by atoms with Crippen LogP contribution in [0.1, 0.15) is 42.3 Å². The highest BCUT2D eigenvalue weighted by Gasteiger charge is 2.16. The zero-order chi connectivity index (χ0) is 19.0. The van der Waals surface area contributed by atoms with Gasteiger partial charge in [-0.25, -0.2) is 4.79 Å². The molecule has 136 valence electrons. The van der Waals surface area contributed by atoms with Crippen LogP contribution in [-0.2, 0) is 16.6 Å². The Morgan fingerprint density at radius 2 is 1.77 bits per heavy atom. The summed E-state index contributed by atoms with van der Waals surface area (Å²) < 4.78 is 5.42. The molecule has 5 heteroatoms. The van der Waals surface area contributed by atoms with Crippen LogP contribution in [0.2, 0.25) is 0 Å². The lowest BCUT2D eigenvalue weighted by atomic mass is 9.86. The lowest BCUT2D eigenvalue weighted by Gasteiger charge is -2.20. The fourth-order valence-corrected chi connectivity index (χ4v) is 2.65. The second kappa shape index (κ2) is 9.07. The summed E-state index contributed by atoms with van der Waals surface area (Å²) in [5, 5.41) is 3.67. The molecule has 0 saturated carbocycles. The number of esters is 1. The number of carbonyl (C=O) groups excluding carboxylic acids is 1. The van der Waals surface area contributed by atoms with Gasteiger partial charge in [0.05, 0.1) is 12.2 Å². The highest BCUT2D eigenvalue weighted by molar-refractivity contribution is 5.89. The van der Waals surface area contributed by atoms with Crippen molar-refractivity contribution >= 4 is 5.97 Å². The third kappa shape index (κ3) is 5.94. The zero-order valence-corrected chi connectivity index (χ0v) is 15.6. The molecule has 0 radical (unpaired) electrons. The molecule has 2 aromatic rings. The summed E-state index contributed by atoms with van der Waals surface area (Å²) in [7, 11) is 0. The maximum atomic E-state index is 12.1. The summed E-state index contributed by atoms with van der Waals surface area (Å²) >= 11 is 0. The summed E-state index contributed by atoms with van der Waals surface area (Å²) in [5.41, 5.74) is 11.6. The number of benzene rings is 2. The van der Waals surface area contributed by atoms with Crippen LogP contribution in [0, 0.1) is 5.92 Å². The topological polar surface area (TPSA) is 75.1 Å². The molecule has 5 nitrogen and oxygen atoms in total. The molecular formula is C21H25N3O2. The molecule has 1 atom stereocenters. The molecule has 0 aliphatic carbocycles. The summed E-state index contributed by atoms with van der Waals surface area (Å²) in [6.45, 7) is 7.04. The molecule has 0 fully saturated rings. The van der Waals surface area contributed by atoms with Crippen LogP contribution in [0.25, 0.3) is 10.4 Å². The molecule has 0 bridgehead atoms. The van der Waals surface area contributed by atoms with E-state index in [2.05, 4.69) is 55.1 Å². The Kier molecular flexibility index (Phi) is 6.81. The van der Waals surface area contributed by atoms with Crippen LogP contribution >= 0.6 is 0 Å². The predicted molar refractivity (Wildman–Crippen MR) is 103 cm³/mol. The fraction of sp³-hybridized carbons (Fsp3) is 0.381. The van der Waals surface area contributed by atoms with Gasteiger partial charge >= 0.3 is 5.97 Å². The first-order chi connectivity index (χ1) is 12.4. The SMILES string of the molecule is CC(C)(C)c1ccc(CC(CN=[N+]=[N-])COC(=O)c2ccccc2)cc1. The molecule has 0 amide bonds. The first-order valence-corrected chi connectivity index (χ1v) is 8.72. The Hall–Kier alpha value is -2.78. The van der Waals surface area contributed by atoms with Gasteiger partial charge in [-0.1, -0.05) is 68.4 Å². The molecule has 0 spiro atoms. The van der Waals surface area contributed by atoms with Gasteiger partial charge in [-0.3, -0.25) is 0 Å². The minimum atomic E-state index is -0.361. The number of nitrogens with zero attached hydrogens (tertiary/aromatic N) is 3. The van der Waals surface area contributed by atoms with E-state index < -0.39 is 0 Å². The van der Waals surface area contributed by atoms with E-state index in [0.29, 0.717) is 18.5 Å². The summed E-state index contributed by atoms with van der Waals surface area (Å²) in [5.74, 6) is -0.418. The van der Waals surface area contributed by atoms with Crippen LogP contribution in [0.5, 0.6) is 0 Å². The predicted octanol–water partition coefficient (Wildman–Crippen LogP) is 5.31. The van der Waals surface area contributed by atoms with Crippen molar-refractivity contribution in [2.75, 3.05) is 13.2 Å². The maximum absolute atomic E-state index is 12.1. The zero-order valence-electron chi connectivity index (χ0n) is 15.6. The van der Waals surface area contributed by atoms with Gasteiger partial charge in [-0.05, 0) is 40.6 Å². The van der Waals surface area contributed by atoms with Crippen molar-refractivity contribution in [3.8, 4) is 0 Å². The average molecular weight is 351 g/mol. The molecule has 0 saturated heterocycles. The molecule has 0 heterocycles. The monoisotopic (exact) mass is 351 g/mol. The third-order valence-corrected chi connectivity index (χ3v) is 4.21. The van der Waals surface area contributed by atoms with E-state index in [1.165, 1.54) is 5.56 Å². The van der Waals surface area contributed by atoms with Crippen LogP contribution < -0.4 is 0 Å². The highest BCUT2D eigenvalue weighted by atomic mass is 16.5. The van der Waals surface area contributed by atoms with Gasteiger partial charge in [-0.2, -0.15) is 0 Å². The van der Waals surface area contributed by atoms with Crippen LogP contribution in [0.4, 0.5) is 0 Å². The highest BCUT2D eigenvalue weighted by Crippen LogP contribution is 2.23. The first-order valence-electron chi connectivity index (χ1n) is 8.72. The standard InChI is InChI=1S/C21H25N3O2/c1-21(2,3)19-11-9-16(10-12-19)13-17(14-23-24-22)15-26-20(25)18-7-5-4-6-8-18/h4-12,17H,13-15H2,1-3H3. The Morgan fingerprint density at radius 3 is 2.35 bits per heavy atom. The Balaban J connectivity index is 2.00. The molecular weight excluding hydrogens is 326 g/mol. The maximum Gasteiger partial charge on any atom is 0.338 e. The lowest BCUT2D eigenvalue weighted by molar-refractivity contribution is 0.0443. The molecule has 0 aliphatic rings. The Morgan fingerprint density at radius 1 is 1.12 bits per heavy atom. The van der Waals surface area contributed by atoms with E-state index >= 15 is 0 Å². The van der Waals surface area contributed by atoms with E-state index in [4.69, 9.17) is 10.3 Å². The Bertz CT molecular complexity index is 758.